The SMILES string of the molecule is CC(C)(C)[C@@H](c1c(F)c(F)c(F)c(F)c1F)N1CCNCC1.Cl. The van der Waals surface area contributed by atoms with E-state index < -0.39 is 46.1 Å². The number of piperazine rings is 1. The van der Waals surface area contributed by atoms with Crippen molar-refractivity contribution in [2.24, 2.45) is 5.41 Å². The van der Waals surface area contributed by atoms with E-state index in [9.17, 15) is 22.0 Å². The van der Waals surface area contributed by atoms with Gasteiger partial charge in [-0.3, -0.25) is 4.90 Å². The summed E-state index contributed by atoms with van der Waals surface area (Å²) in [7, 11) is 0. The first kappa shape index (κ1) is 20.1. The van der Waals surface area contributed by atoms with Crippen LogP contribution in [0.4, 0.5) is 22.0 Å². The van der Waals surface area contributed by atoms with E-state index in [4.69, 9.17) is 0 Å². The summed E-state index contributed by atoms with van der Waals surface area (Å²) in [5.41, 5.74) is -1.44. The van der Waals surface area contributed by atoms with Crippen LogP contribution in [0.2, 0.25) is 0 Å². The van der Waals surface area contributed by atoms with Gasteiger partial charge in [0.15, 0.2) is 23.3 Å². The van der Waals surface area contributed by atoms with Gasteiger partial charge >= 0.3 is 0 Å². The number of nitrogens with one attached hydrogen (secondary N) is 1. The number of nitrogens with zero attached hydrogens (tertiary/aromatic N) is 1. The van der Waals surface area contributed by atoms with Crippen LogP contribution in [0.3, 0.4) is 0 Å². The van der Waals surface area contributed by atoms with E-state index in [2.05, 4.69) is 5.32 Å². The molecule has 1 heterocycles. The first-order valence-corrected chi connectivity index (χ1v) is 7.12. The molecule has 8 heteroatoms. The predicted molar refractivity (Wildman–Crippen MR) is 80.1 cm³/mol. The number of benzene rings is 1. The number of hydrogen-bond acceptors (Lipinski definition) is 2. The zero-order chi connectivity index (χ0) is 16.7. The van der Waals surface area contributed by atoms with Gasteiger partial charge in [0.2, 0.25) is 5.82 Å². The second-order valence-corrected chi connectivity index (χ2v) is 6.54. The molecule has 0 saturated carbocycles. The maximum Gasteiger partial charge on any atom is 0.200 e. The van der Waals surface area contributed by atoms with E-state index in [1.165, 1.54) is 0 Å². The third-order valence-corrected chi connectivity index (χ3v) is 3.85. The Hall–Kier alpha value is -0.920. The van der Waals surface area contributed by atoms with E-state index in [0.29, 0.717) is 26.2 Å². The lowest BCUT2D eigenvalue weighted by atomic mass is 9.80. The molecule has 2 rings (SSSR count). The minimum atomic E-state index is -2.12. The quantitative estimate of drug-likeness (QED) is 0.491. The molecule has 0 spiro atoms. The summed E-state index contributed by atoms with van der Waals surface area (Å²) >= 11 is 0. The average Bonchev–Trinajstić information content (AvgIpc) is 2.47. The number of rotatable bonds is 2. The number of hydrogen-bond donors (Lipinski definition) is 1. The van der Waals surface area contributed by atoms with Crippen LogP contribution >= 0.6 is 12.4 Å². The van der Waals surface area contributed by atoms with Crippen molar-refractivity contribution in [1.29, 1.82) is 0 Å². The summed E-state index contributed by atoms with van der Waals surface area (Å²) < 4.78 is 68.7. The molecule has 1 saturated heterocycles. The van der Waals surface area contributed by atoms with Gasteiger partial charge in [-0.25, -0.2) is 22.0 Å². The Morgan fingerprint density at radius 3 is 1.61 bits per heavy atom. The normalized spacial score (nSPS) is 17.7. The van der Waals surface area contributed by atoms with Crippen LogP contribution in [0.5, 0.6) is 0 Å². The fraction of sp³-hybridized carbons (Fsp3) is 0.600. The van der Waals surface area contributed by atoms with Gasteiger partial charge in [-0.1, -0.05) is 20.8 Å². The highest BCUT2D eigenvalue weighted by Gasteiger charge is 2.39. The van der Waals surface area contributed by atoms with Crippen LogP contribution in [-0.2, 0) is 0 Å². The van der Waals surface area contributed by atoms with Crippen molar-refractivity contribution < 1.29 is 22.0 Å². The molecule has 0 aliphatic carbocycles. The van der Waals surface area contributed by atoms with Gasteiger partial charge in [0.25, 0.3) is 0 Å². The van der Waals surface area contributed by atoms with Crippen LogP contribution in [0.25, 0.3) is 0 Å². The van der Waals surface area contributed by atoms with Crippen LogP contribution in [0.1, 0.15) is 32.4 Å². The molecule has 0 radical (unpaired) electrons. The summed E-state index contributed by atoms with van der Waals surface area (Å²) in [6, 6.07) is -0.904. The lowest BCUT2D eigenvalue weighted by Gasteiger charge is -2.42. The van der Waals surface area contributed by atoms with E-state index in [0.717, 1.165) is 0 Å². The molecule has 1 aliphatic rings. The molecule has 1 aliphatic heterocycles. The second-order valence-electron chi connectivity index (χ2n) is 6.54. The minimum Gasteiger partial charge on any atom is -0.314 e. The van der Waals surface area contributed by atoms with E-state index in [1.807, 2.05) is 0 Å². The molecular formula is C15H20ClF5N2. The van der Waals surface area contributed by atoms with Crippen molar-refractivity contribution in [3.05, 3.63) is 34.6 Å². The van der Waals surface area contributed by atoms with E-state index in [1.54, 1.807) is 25.7 Å². The molecular weight excluding hydrogens is 339 g/mol. The number of halogens is 6. The fourth-order valence-corrected chi connectivity index (χ4v) is 2.97. The van der Waals surface area contributed by atoms with Crippen LogP contribution in [0, 0.1) is 34.5 Å². The van der Waals surface area contributed by atoms with Gasteiger partial charge in [-0.05, 0) is 5.41 Å². The summed E-state index contributed by atoms with van der Waals surface area (Å²) in [4.78, 5) is 1.76. The highest BCUT2D eigenvalue weighted by Crippen LogP contribution is 2.41. The Balaban J connectivity index is 0.00000264. The molecule has 1 N–H and O–H groups in total. The summed E-state index contributed by atoms with van der Waals surface area (Å²) in [6.07, 6.45) is 0. The summed E-state index contributed by atoms with van der Waals surface area (Å²) in [5.74, 6) is -9.38. The van der Waals surface area contributed by atoms with Crippen molar-refractivity contribution >= 4 is 12.4 Å². The highest BCUT2D eigenvalue weighted by atomic mass is 35.5. The molecule has 0 aromatic heterocycles. The average molecular weight is 359 g/mol. The standard InChI is InChI=1S/C15H19F5N2.ClH/c1-15(2,3)14(22-6-4-21-5-7-22)8-9(16)11(18)13(20)12(19)10(8)17;/h14,21H,4-7H2,1-3H3;1H/t14-;/m1./s1. The van der Waals surface area contributed by atoms with Gasteiger partial charge in [-0.15, -0.1) is 12.4 Å². The van der Waals surface area contributed by atoms with Crippen LogP contribution in [-0.4, -0.2) is 31.1 Å². The largest absolute Gasteiger partial charge is 0.314 e. The molecule has 1 aromatic carbocycles. The lowest BCUT2D eigenvalue weighted by molar-refractivity contribution is 0.0786. The Morgan fingerprint density at radius 2 is 1.22 bits per heavy atom. The molecule has 0 unspecified atom stereocenters. The summed E-state index contributed by atoms with van der Waals surface area (Å²) in [5, 5.41) is 3.10. The zero-order valence-electron chi connectivity index (χ0n) is 13.2. The third kappa shape index (κ3) is 3.78. The molecule has 132 valence electrons. The fourth-order valence-electron chi connectivity index (χ4n) is 2.97. The van der Waals surface area contributed by atoms with Gasteiger partial charge < -0.3 is 5.32 Å². The smallest absolute Gasteiger partial charge is 0.200 e. The van der Waals surface area contributed by atoms with Crippen molar-refractivity contribution in [3.8, 4) is 0 Å². The first-order chi connectivity index (χ1) is 10.2. The summed E-state index contributed by atoms with van der Waals surface area (Å²) in [6.45, 7) is 7.31. The molecule has 0 bridgehead atoms. The van der Waals surface area contributed by atoms with Crippen LogP contribution < -0.4 is 5.32 Å². The van der Waals surface area contributed by atoms with Crippen molar-refractivity contribution in [3.63, 3.8) is 0 Å². The highest BCUT2D eigenvalue weighted by molar-refractivity contribution is 5.85. The Morgan fingerprint density at radius 1 is 0.826 bits per heavy atom. The topological polar surface area (TPSA) is 15.3 Å². The Bertz CT molecular complexity index is 539. The predicted octanol–water partition coefficient (Wildman–Crippen LogP) is 3.80. The van der Waals surface area contributed by atoms with E-state index in [-0.39, 0.29) is 12.4 Å². The Labute approximate surface area is 138 Å². The van der Waals surface area contributed by atoms with Crippen molar-refractivity contribution in [1.82, 2.24) is 10.2 Å². The van der Waals surface area contributed by atoms with Crippen molar-refractivity contribution in [2.45, 2.75) is 26.8 Å². The third-order valence-electron chi connectivity index (χ3n) is 3.85. The first-order valence-electron chi connectivity index (χ1n) is 7.12. The Kier molecular flexibility index (Phi) is 6.40. The second kappa shape index (κ2) is 7.32. The molecule has 23 heavy (non-hydrogen) atoms. The maximum atomic E-state index is 14.2. The molecule has 1 atom stereocenters. The van der Waals surface area contributed by atoms with Gasteiger partial charge in [-0.2, -0.15) is 0 Å². The van der Waals surface area contributed by atoms with Gasteiger partial charge in [0, 0.05) is 37.8 Å². The monoisotopic (exact) mass is 358 g/mol. The zero-order valence-corrected chi connectivity index (χ0v) is 14.0. The lowest BCUT2D eigenvalue weighted by Crippen LogP contribution is -2.49. The van der Waals surface area contributed by atoms with Crippen LogP contribution in [0.15, 0.2) is 0 Å². The molecule has 1 aromatic rings. The van der Waals surface area contributed by atoms with Crippen molar-refractivity contribution in [2.75, 3.05) is 26.2 Å². The molecule has 2 nitrogen and oxygen atoms in total. The minimum absolute atomic E-state index is 0. The van der Waals surface area contributed by atoms with E-state index >= 15 is 0 Å². The maximum absolute atomic E-state index is 14.2. The van der Waals surface area contributed by atoms with Gasteiger partial charge in [0.1, 0.15) is 0 Å². The molecule has 1 fully saturated rings. The molecule has 0 amide bonds. The van der Waals surface area contributed by atoms with Gasteiger partial charge in [0.05, 0.1) is 0 Å².